The number of hydrogen-bond donors (Lipinski definition) is 2. The lowest BCUT2D eigenvalue weighted by atomic mass is 10.1. The van der Waals surface area contributed by atoms with Gasteiger partial charge in [0.2, 0.25) is 0 Å². The second-order valence-corrected chi connectivity index (χ2v) is 4.10. The average Bonchev–Trinajstić information content (AvgIpc) is 2.40. The maximum absolute atomic E-state index is 12.5. The molecule has 1 heterocycles. The van der Waals surface area contributed by atoms with Crippen LogP contribution in [0.2, 0.25) is 0 Å². The van der Waals surface area contributed by atoms with Crippen molar-refractivity contribution in [3.8, 4) is 0 Å². The molecule has 108 valence electrons. The number of anilines is 1. The molecule has 0 aliphatic carbocycles. The summed E-state index contributed by atoms with van der Waals surface area (Å²) in [6.45, 7) is 5.06. The predicted octanol–water partition coefficient (Wildman–Crippen LogP) is 2.11. The molecular formula is C13H19F3N2O. The van der Waals surface area contributed by atoms with Crippen molar-refractivity contribution in [1.29, 1.82) is 0 Å². The Morgan fingerprint density at radius 2 is 1.84 bits per heavy atom. The minimum absolute atomic E-state index is 0.250. The molecule has 6 heteroatoms. The highest BCUT2D eigenvalue weighted by atomic mass is 19.4. The van der Waals surface area contributed by atoms with Gasteiger partial charge in [0.05, 0.1) is 5.56 Å². The molecule has 3 nitrogen and oxygen atoms in total. The third-order valence-electron chi connectivity index (χ3n) is 2.66. The smallest absolute Gasteiger partial charge is 0.397 e. The molecule has 0 unspecified atom stereocenters. The fourth-order valence-electron chi connectivity index (χ4n) is 1.80. The topological polar surface area (TPSA) is 35.5 Å². The quantitative estimate of drug-likeness (QED) is 0.824. The highest BCUT2D eigenvalue weighted by molar-refractivity contribution is 5.49. The van der Waals surface area contributed by atoms with E-state index in [9.17, 15) is 13.2 Å². The van der Waals surface area contributed by atoms with E-state index < -0.39 is 11.7 Å². The summed E-state index contributed by atoms with van der Waals surface area (Å²) in [6, 6.07) is 5.50. The van der Waals surface area contributed by atoms with Crippen LogP contribution in [0.25, 0.3) is 0 Å². The Labute approximate surface area is 111 Å². The van der Waals surface area contributed by atoms with Crippen LogP contribution in [-0.4, -0.2) is 37.9 Å². The number of nitrogens with one attached hydrogen (secondary N) is 1. The summed E-state index contributed by atoms with van der Waals surface area (Å²) in [5, 5.41) is 10.7. The first-order valence-electron chi connectivity index (χ1n) is 6.22. The van der Waals surface area contributed by atoms with Crippen LogP contribution in [0, 0.1) is 0 Å². The van der Waals surface area contributed by atoms with E-state index in [0.717, 1.165) is 32.2 Å². The number of rotatable bonds is 1. The van der Waals surface area contributed by atoms with E-state index in [1.54, 1.807) is 13.0 Å². The number of hydrogen-bond acceptors (Lipinski definition) is 3. The molecule has 0 bridgehead atoms. The number of piperazine rings is 1. The van der Waals surface area contributed by atoms with Gasteiger partial charge in [-0.2, -0.15) is 13.2 Å². The Morgan fingerprint density at radius 3 is 2.37 bits per heavy atom. The van der Waals surface area contributed by atoms with Gasteiger partial charge in [-0.15, -0.1) is 0 Å². The normalized spacial score (nSPS) is 15.7. The number of aliphatic hydroxyl groups excluding tert-OH is 1. The van der Waals surface area contributed by atoms with Gasteiger partial charge in [-0.05, 0) is 25.1 Å². The first kappa shape index (κ1) is 15.8. The van der Waals surface area contributed by atoms with Crippen molar-refractivity contribution < 1.29 is 18.3 Å². The largest absolute Gasteiger partial charge is 0.416 e. The number of nitrogens with zero attached hydrogens (tertiary/aromatic N) is 1. The second-order valence-electron chi connectivity index (χ2n) is 4.10. The third-order valence-corrected chi connectivity index (χ3v) is 2.66. The first-order valence-corrected chi connectivity index (χ1v) is 6.22. The van der Waals surface area contributed by atoms with Crippen molar-refractivity contribution in [1.82, 2.24) is 5.32 Å². The van der Waals surface area contributed by atoms with Crippen LogP contribution >= 0.6 is 0 Å². The van der Waals surface area contributed by atoms with Crippen LogP contribution in [0.15, 0.2) is 24.3 Å². The molecule has 0 aromatic heterocycles. The van der Waals surface area contributed by atoms with Crippen LogP contribution in [0.4, 0.5) is 18.9 Å². The Hall–Kier alpha value is -1.27. The highest BCUT2D eigenvalue weighted by Crippen LogP contribution is 2.31. The zero-order valence-electron chi connectivity index (χ0n) is 10.9. The van der Waals surface area contributed by atoms with Crippen molar-refractivity contribution in [3.63, 3.8) is 0 Å². The van der Waals surface area contributed by atoms with Gasteiger partial charge < -0.3 is 15.3 Å². The highest BCUT2D eigenvalue weighted by Gasteiger charge is 2.30. The molecular weight excluding hydrogens is 257 g/mol. The molecule has 19 heavy (non-hydrogen) atoms. The summed E-state index contributed by atoms with van der Waals surface area (Å²) in [5.41, 5.74) is 0.0693. The maximum Gasteiger partial charge on any atom is 0.416 e. The van der Waals surface area contributed by atoms with Crippen molar-refractivity contribution in [2.45, 2.75) is 13.1 Å². The number of alkyl halides is 3. The minimum atomic E-state index is -4.26. The van der Waals surface area contributed by atoms with E-state index >= 15 is 0 Å². The Bertz CT molecular complexity index is 376. The summed E-state index contributed by atoms with van der Waals surface area (Å²) in [7, 11) is 0. The van der Waals surface area contributed by atoms with Crippen LogP contribution in [0.3, 0.4) is 0 Å². The van der Waals surface area contributed by atoms with E-state index in [1.807, 2.05) is 4.90 Å². The number of aliphatic hydroxyl groups is 1. The lowest BCUT2D eigenvalue weighted by molar-refractivity contribution is -0.137. The van der Waals surface area contributed by atoms with Crippen LogP contribution < -0.4 is 10.2 Å². The van der Waals surface area contributed by atoms with Crippen molar-refractivity contribution in [2.75, 3.05) is 37.7 Å². The molecule has 0 saturated carbocycles. The molecule has 0 radical (unpaired) electrons. The Balaban J connectivity index is 0.000000550. The van der Waals surface area contributed by atoms with Crippen molar-refractivity contribution in [3.05, 3.63) is 29.8 Å². The average molecular weight is 276 g/mol. The van der Waals surface area contributed by atoms with Gasteiger partial charge in [0.1, 0.15) is 0 Å². The summed E-state index contributed by atoms with van der Waals surface area (Å²) >= 11 is 0. The van der Waals surface area contributed by atoms with Crippen LogP contribution in [-0.2, 0) is 6.18 Å². The van der Waals surface area contributed by atoms with E-state index in [1.165, 1.54) is 12.1 Å². The molecule has 1 aliphatic rings. The van der Waals surface area contributed by atoms with Gasteiger partial charge in [-0.25, -0.2) is 0 Å². The predicted molar refractivity (Wildman–Crippen MR) is 69.3 cm³/mol. The summed E-state index contributed by atoms with van der Waals surface area (Å²) in [5.74, 6) is 0. The number of halogens is 3. The molecule has 1 aromatic carbocycles. The van der Waals surface area contributed by atoms with Crippen molar-refractivity contribution in [2.24, 2.45) is 0 Å². The lowest BCUT2D eigenvalue weighted by Gasteiger charge is -2.29. The molecule has 2 rings (SSSR count). The van der Waals surface area contributed by atoms with E-state index in [-0.39, 0.29) is 6.61 Å². The molecule has 1 aromatic rings. The SMILES string of the molecule is CCO.FC(F)(F)c1cccc(N2CCNCC2)c1. The fraction of sp³-hybridized carbons (Fsp3) is 0.538. The van der Waals surface area contributed by atoms with Gasteiger partial charge in [0.25, 0.3) is 0 Å². The number of benzene rings is 1. The van der Waals surface area contributed by atoms with Crippen molar-refractivity contribution >= 4 is 5.69 Å². The zero-order valence-corrected chi connectivity index (χ0v) is 10.9. The molecule has 1 aliphatic heterocycles. The van der Waals surface area contributed by atoms with Gasteiger partial charge in [0, 0.05) is 38.5 Å². The second kappa shape index (κ2) is 7.35. The van der Waals surface area contributed by atoms with Gasteiger partial charge >= 0.3 is 6.18 Å². The monoisotopic (exact) mass is 276 g/mol. The molecule has 1 saturated heterocycles. The lowest BCUT2D eigenvalue weighted by Crippen LogP contribution is -2.43. The molecule has 2 N–H and O–H groups in total. The molecule has 0 amide bonds. The minimum Gasteiger partial charge on any atom is -0.397 e. The maximum atomic E-state index is 12.5. The fourth-order valence-corrected chi connectivity index (χ4v) is 1.80. The third kappa shape index (κ3) is 5.08. The zero-order chi connectivity index (χ0) is 14.3. The Morgan fingerprint density at radius 1 is 1.26 bits per heavy atom. The standard InChI is InChI=1S/C11H13F3N2.C2H6O/c12-11(13,14)9-2-1-3-10(8-9)16-6-4-15-5-7-16;1-2-3/h1-3,8,15H,4-7H2;3H,2H2,1H3. The van der Waals surface area contributed by atoms with Gasteiger partial charge in [0.15, 0.2) is 0 Å². The van der Waals surface area contributed by atoms with E-state index in [4.69, 9.17) is 5.11 Å². The summed E-state index contributed by atoms with van der Waals surface area (Å²) in [6.07, 6.45) is -4.26. The molecule has 0 spiro atoms. The first-order chi connectivity index (χ1) is 8.99. The Kier molecular flexibility index (Phi) is 6.11. The summed E-state index contributed by atoms with van der Waals surface area (Å²) in [4.78, 5) is 1.96. The van der Waals surface area contributed by atoms with Crippen LogP contribution in [0.5, 0.6) is 0 Å². The van der Waals surface area contributed by atoms with E-state index in [0.29, 0.717) is 5.69 Å². The van der Waals surface area contributed by atoms with Gasteiger partial charge in [-0.3, -0.25) is 0 Å². The summed E-state index contributed by atoms with van der Waals surface area (Å²) < 4.78 is 37.5. The van der Waals surface area contributed by atoms with Crippen LogP contribution in [0.1, 0.15) is 12.5 Å². The molecule has 0 atom stereocenters. The molecule has 1 fully saturated rings. The van der Waals surface area contributed by atoms with E-state index in [2.05, 4.69) is 5.32 Å². The van der Waals surface area contributed by atoms with Gasteiger partial charge in [-0.1, -0.05) is 6.07 Å².